The molecule has 0 aromatic carbocycles. The zero-order chi connectivity index (χ0) is 15.5. The largest absolute Gasteiger partial charge is 0.464 e. The number of ketones is 1. The minimum absolute atomic E-state index is 0.117. The number of carbonyl (C=O) groups is 2. The van der Waals surface area contributed by atoms with Crippen molar-refractivity contribution in [3.8, 4) is 0 Å². The highest BCUT2D eigenvalue weighted by Gasteiger charge is 2.28. The van der Waals surface area contributed by atoms with E-state index < -0.39 is 5.97 Å². The van der Waals surface area contributed by atoms with Crippen molar-refractivity contribution in [2.24, 2.45) is 5.41 Å². The Morgan fingerprint density at radius 3 is 2.57 bits per heavy atom. The molecule has 6 heteroatoms. The Morgan fingerprint density at radius 2 is 2.00 bits per heavy atom. The lowest BCUT2D eigenvalue weighted by Gasteiger charge is -2.33. The molecular weight excluding hydrogens is 288 g/mol. The van der Waals surface area contributed by atoms with Gasteiger partial charge in [0.25, 0.3) is 0 Å². The molecule has 1 aliphatic rings. The summed E-state index contributed by atoms with van der Waals surface area (Å²) in [6.07, 6.45) is 6.25. The average Bonchev–Trinajstić information content (AvgIpc) is 2.90. The average molecular weight is 310 g/mol. The lowest BCUT2D eigenvalue weighted by molar-refractivity contribution is 0.0591. The molecular formula is C15H22N2O3S. The van der Waals surface area contributed by atoms with Gasteiger partial charge in [-0.2, -0.15) is 0 Å². The summed E-state index contributed by atoms with van der Waals surface area (Å²) < 4.78 is 4.68. The van der Waals surface area contributed by atoms with E-state index in [4.69, 9.17) is 0 Å². The van der Waals surface area contributed by atoms with Crippen LogP contribution in [-0.2, 0) is 4.74 Å². The summed E-state index contributed by atoms with van der Waals surface area (Å²) >= 11 is 1.23. The van der Waals surface area contributed by atoms with E-state index in [0.29, 0.717) is 10.0 Å². The number of thiazole rings is 1. The SMILES string of the molecule is COC(=O)c1nc(NCC2(C)CCCCC2)sc1C(C)=O. The van der Waals surface area contributed by atoms with Crippen molar-refractivity contribution in [1.29, 1.82) is 0 Å². The summed E-state index contributed by atoms with van der Waals surface area (Å²) in [7, 11) is 1.29. The number of ether oxygens (including phenoxy) is 1. The Morgan fingerprint density at radius 1 is 1.33 bits per heavy atom. The molecule has 1 aromatic rings. The number of methoxy groups -OCH3 is 1. The first-order chi connectivity index (χ1) is 9.95. The van der Waals surface area contributed by atoms with Gasteiger partial charge in [-0.15, -0.1) is 0 Å². The monoisotopic (exact) mass is 310 g/mol. The van der Waals surface area contributed by atoms with Crippen LogP contribution in [0.25, 0.3) is 0 Å². The third kappa shape index (κ3) is 3.81. The lowest BCUT2D eigenvalue weighted by atomic mass is 9.76. The molecule has 116 valence electrons. The van der Waals surface area contributed by atoms with Crippen molar-refractivity contribution in [3.05, 3.63) is 10.6 Å². The second kappa shape index (κ2) is 6.56. The topological polar surface area (TPSA) is 68.3 Å². The molecule has 1 saturated carbocycles. The number of nitrogens with zero attached hydrogens (tertiary/aromatic N) is 1. The zero-order valence-electron chi connectivity index (χ0n) is 12.8. The molecule has 0 atom stereocenters. The van der Waals surface area contributed by atoms with Gasteiger partial charge in [-0.05, 0) is 18.3 Å². The van der Waals surface area contributed by atoms with Crippen LogP contribution in [0.15, 0.2) is 0 Å². The maximum absolute atomic E-state index is 11.7. The summed E-state index contributed by atoms with van der Waals surface area (Å²) in [6.45, 7) is 4.53. The fraction of sp³-hybridized carbons (Fsp3) is 0.667. The molecule has 5 nitrogen and oxygen atoms in total. The van der Waals surface area contributed by atoms with E-state index in [0.717, 1.165) is 6.54 Å². The molecule has 21 heavy (non-hydrogen) atoms. The van der Waals surface area contributed by atoms with Crippen LogP contribution in [0.3, 0.4) is 0 Å². The number of carbonyl (C=O) groups excluding carboxylic acids is 2. The van der Waals surface area contributed by atoms with Crippen molar-refractivity contribution in [2.75, 3.05) is 19.0 Å². The third-order valence-corrected chi connectivity index (χ3v) is 5.17. The van der Waals surface area contributed by atoms with Gasteiger partial charge in [-0.25, -0.2) is 9.78 Å². The second-order valence-electron chi connectivity index (χ2n) is 5.97. The van der Waals surface area contributed by atoms with Crippen LogP contribution in [-0.4, -0.2) is 30.4 Å². The minimum Gasteiger partial charge on any atom is -0.464 e. The number of hydrogen-bond donors (Lipinski definition) is 1. The predicted octanol–water partition coefficient (Wildman–Crippen LogP) is 3.51. The number of hydrogen-bond acceptors (Lipinski definition) is 6. The van der Waals surface area contributed by atoms with E-state index in [1.807, 2.05) is 0 Å². The van der Waals surface area contributed by atoms with Gasteiger partial charge in [0, 0.05) is 13.5 Å². The van der Waals surface area contributed by atoms with Crippen molar-refractivity contribution in [1.82, 2.24) is 4.98 Å². The Kier molecular flexibility index (Phi) is 4.98. The number of esters is 1. The van der Waals surface area contributed by atoms with Crippen molar-refractivity contribution >= 4 is 28.2 Å². The summed E-state index contributed by atoms with van der Waals surface area (Å²) in [5.41, 5.74) is 0.387. The van der Waals surface area contributed by atoms with Crippen LogP contribution < -0.4 is 5.32 Å². The van der Waals surface area contributed by atoms with Crippen LogP contribution in [0.2, 0.25) is 0 Å². The Bertz CT molecular complexity index is 533. The van der Waals surface area contributed by atoms with Gasteiger partial charge in [0.15, 0.2) is 16.6 Å². The van der Waals surface area contributed by atoms with E-state index in [1.165, 1.54) is 57.5 Å². The fourth-order valence-electron chi connectivity index (χ4n) is 2.74. The molecule has 2 rings (SSSR count). The van der Waals surface area contributed by atoms with Crippen LogP contribution in [0.1, 0.15) is 66.1 Å². The van der Waals surface area contributed by atoms with Crippen molar-refractivity contribution in [3.63, 3.8) is 0 Å². The van der Waals surface area contributed by atoms with Crippen LogP contribution in [0, 0.1) is 5.41 Å². The first-order valence-electron chi connectivity index (χ1n) is 7.29. The number of Topliss-reactive ketones (excluding diaryl/α,β-unsaturated/α-hetero) is 1. The fourth-order valence-corrected chi connectivity index (χ4v) is 3.58. The smallest absolute Gasteiger partial charge is 0.358 e. The standard InChI is InChI=1S/C15H22N2O3S/c1-10(18)12-11(13(19)20-3)17-14(21-12)16-9-15(2)7-5-4-6-8-15/h4-9H2,1-3H3,(H,16,17). The number of nitrogens with one attached hydrogen (secondary N) is 1. The molecule has 1 N–H and O–H groups in total. The van der Waals surface area contributed by atoms with Gasteiger partial charge in [0.2, 0.25) is 0 Å². The van der Waals surface area contributed by atoms with E-state index >= 15 is 0 Å². The number of anilines is 1. The Balaban J connectivity index is 2.10. The summed E-state index contributed by atoms with van der Waals surface area (Å²) in [5, 5.41) is 3.91. The maximum atomic E-state index is 11.7. The number of rotatable bonds is 5. The first-order valence-corrected chi connectivity index (χ1v) is 8.11. The first kappa shape index (κ1) is 15.9. The minimum atomic E-state index is -0.562. The predicted molar refractivity (Wildman–Crippen MR) is 83.1 cm³/mol. The molecule has 0 bridgehead atoms. The maximum Gasteiger partial charge on any atom is 0.358 e. The molecule has 0 spiro atoms. The molecule has 1 aliphatic carbocycles. The molecule has 1 fully saturated rings. The highest BCUT2D eigenvalue weighted by atomic mass is 32.1. The number of aromatic nitrogens is 1. The molecule has 0 amide bonds. The molecule has 1 aromatic heterocycles. The van der Waals surface area contributed by atoms with Crippen LogP contribution >= 0.6 is 11.3 Å². The van der Waals surface area contributed by atoms with Crippen LogP contribution in [0.4, 0.5) is 5.13 Å². The molecule has 0 radical (unpaired) electrons. The molecule has 0 unspecified atom stereocenters. The Labute approximate surface area is 129 Å². The van der Waals surface area contributed by atoms with Gasteiger partial charge in [-0.1, -0.05) is 37.5 Å². The lowest BCUT2D eigenvalue weighted by Crippen LogP contribution is -2.28. The molecule has 0 aliphatic heterocycles. The molecule has 1 heterocycles. The van der Waals surface area contributed by atoms with E-state index in [2.05, 4.69) is 22.0 Å². The quantitative estimate of drug-likeness (QED) is 0.666. The van der Waals surface area contributed by atoms with E-state index in [9.17, 15) is 9.59 Å². The zero-order valence-corrected chi connectivity index (χ0v) is 13.6. The van der Waals surface area contributed by atoms with Crippen molar-refractivity contribution in [2.45, 2.75) is 46.0 Å². The highest BCUT2D eigenvalue weighted by Crippen LogP contribution is 2.36. The van der Waals surface area contributed by atoms with Crippen LogP contribution in [0.5, 0.6) is 0 Å². The molecule has 0 saturated heterocycles. The second-order valence-corrected chi connectivity index (χ2v) is 6.97. The van der Waals surface area contributed by atoms with Gasteiger partial charge in [-0.3, -0.25) is 4.79 Å². The van der Waals surface area contributed by atoms with E-state index in [1.54, 1.807) is 0 Å². The van der Waals surface area contributed by atoms with E-state index in [-0.39, 0.29) is 16.9 Å². The van der Waals surface area contributed by atoms with Gasteiger partial charge in [0.05, 0.1) is 7.11 Å². The van der Waals surface area contributed by atoms with Gasteiger partial charge < -0.3 is 10.1 Å². The summed E-state index contributed by atoms with van der Waals surface area (Å²) in [4.78, 5) is 27.9. The van der Waals surface area contributed by atoms with Crippen molar-refractivity contribution < 1.29 is 14.3 Å². The third-order valence-electron chi connectivity index (χ3n) is 4.05. The normalized spacial score (nSPS) is 17.3. The Hall–Kier alpha value is -1.43. The summed E-state index contributed by atoms with van der Waals surface area (Å²) in [6, 6.07) is 0. The van der Waals surface area contributed by atoms with Gasteiger partial charge >= 0.3 is 5.97 Å². The highest BCUT2D eigenvalue weighted by molar-refractivity contribution is 7.17. The van der Waals surface area contributed by atoms with Gasteiger partial charge in [0.1, 0.15) is 4.88 Å². The summed E-state index contributed by atoms with van der Waals surface area (Å²) in [5.74, 6) is -0.724.